The maximum absolute atomic E-state index is 13.3. The minimum atomic E-state index is -0.784. The average Bonchev–Trinajstić information content (AvgIpc) is 2.83. The first-order valence-electron chi connectivity index (χ1n) is 5.52. The second-order valence-electron chi connectivity index (χ2n) is 3.86. The van der Waals surface area contributed by atoms with Crippen LogP contribution in [-0.4, -0.2) is 11.5 Å². The molecule has 2 rings (SSSR count). The van der Waals surface area contributed by atoms with Crippen LogP contribution in [0.25, 0.3) is 0 Å². The van der Waals surface area contributed by atoms with Crippen LogP contribution in [-0.2, 0) is 13.0 Å². The molecule has 0 saturated heterocycles. The lowest BCUT2D eigenvalue weighted by atomic mass is 10.1. The van der Waals surface area contributed by atoms with Gasteiger partial charge in [0, 0.05) is 18.9 Å². The molecule has 2 N–H and O–H groups in total. The van der Waals surface area contributed by atoms with Gasteiger partial charge in [-0.15, -0.1) is 0 Å². The zero-order valence-corrected chi connectivity index (χ0v) is 9.34. The number of aromatic nitrogens is 1. The maximum Gasteiger partial charge on any atom is 0.162 e. The summed E-state index contributed by atoms with van der Waals surface area (Å²) in [4.78, 5) is 2.96. The van der Waals surface area contributed by atoms with Gasteiger partial charge in [0.25, 0.3) is 0 Å². The molecule has 4 heteroatoms. The third-order valence-corrected chi connectivity index (χ3v) is 2.59. The van der Waals surface area contributed by atoms with Crippen LogP contribution >= 0.6 is 0 Å². The van der Waals surface area contributed by atoms with Crippen LogP contribution in [0.4, 0.5) is 8.78 Å². The molecule has 0 amide bonds. The summed E-state index contributed by atoms with van der Waals surface area (Å²) in [5.41, 5.74) is 1.55. The molecule has 0 fully saturated rings. The highest BCUT2D eigenvalue weighted by Crippen LogP contribution is 2.11. The van der Waals surface area contributed by atoms with Crippen molar-refractivity contribution in [2.45, 2.75) is 13.0 Å². The van der Waals surface area contributed by atoms with E-state index in [4.69, 9.17) is 0 Å². The number of nitrogens with one attached hydrogen (secondary N) is 2. The van der Waals surface area contributed by atoms with Crippen LogP contribution in [0.3, 0.4) is 0 Å². The van der Waals surface area contributed by atoms with Crippen molar-refractivity contribution in [3.8, 4) is 0 Å². The first kappa shape index (κ1) is 11.8. The van der Waals surface area contributed by atoms with E-state index in [1.807, 2.05) is 18.5 Å². The number of rotatable bonds is 5. The molecular formula is C13H14F2N2. The number of H-pyrrole nitrogens is 1. The molecule has 1 heterocycles. The Morgan fingerprint density at radius 1 is 1.18 bits per heavy atom. The summed E-state index contributed by atoms with van der Waals surface area (Å²) in [5.74, 6) is -1.52. The van der Waals surface area contributed by atoms with E-state index in [0.29, 0.717) is 18.5 Å². The minimum absolute atomic E-state index is 0.409. The Morgan fingerprint density at radius 3 is 2.82 bits per heavy atom. The lowest BCUT2D eigenvalue weighted by Crippen LogP contribution is -2.17. The lowest BCUT2D eigenvalue weighted by molar-refractivity contribution is 0.496. The van der Waals surface area contributed by atoms with E-state index < -0.39 is 11.6 Å². The molecule has 0 spiro atoms. The zero-order valence-electron chi connectivity index (χ0n) is 9.34. The molecule has 0 bridgehead atoms. The Bertz CT molecular complexity index is 466. The van der Waals surface area contributed by atoms with Crippen LogP contribution in [0.5, 0.6) is 0 Å². The first-order valence-corrected chi connectivity index (χ1v) is 5.52. The van der Waals surface area contributed by atoms with Crippen molar-refractivity contribution in [3.63, 3.8) is 0 Å². The Balaban J connectivity index is 1.80. The van der Waals surface area contributed by atoms with Gasteiger partial charge in [-0.1, -0.05) is 12.1 Å². The Morgan fingerprint density at radius 2 is 2.06 bits per heavy atom. The van der Waals surface area contributed by atoms with E-state index in [0.717, 1.165) is 18.2 Å². The van der Waals surface area contributed by atoms with Crippen LogP contribution in [0.2, 0.25) is 0 Å². The molecule has 0 aliphatic heterocycles. The van der Waals surface area contributed by atoms with Crippen molar-refractivity contribution in [1.29, 1.82) is 0 Å². The van der Waals surface area contributed by atoms with Crippen LogP contribution in [0, 0.1) is 11.6 Å². The number of hydrogen-bond acceptors (Lipinski definition) is 1. The van der Waals surface area contributed by atoms with Gasteiger partial charge in [0.2, 0.25) is 0 Å². The predicted molar refractivity (Wildman–Crippen MR) is 62.6 cm³/mol. The number of hydrogen-bond donors (Lipinski definition) is 2. The molecule has 2 aromatic rings. The van der Waals surface area contributed by atoms with E-state index in [2.05, 4.69) is 10.3 Å². The van der Waals surface area contributed by atoms with E-state index in [1.54, 1.807) is 6.07 Å². The monoisotopic (exact) mass is 236 g/mol. The summed E-state index contributed by atoms with van der Waals surface area (Å²) < 4.78 is 26.2. The van der Waals surface area contributed by atoms with Crippen LogP contribution in [0.1, 0.15) is 11.1 Å². The van der Waals surface area contributed by atoms with Gasteiger partial charge in [0.1, 0.15) is 0 Å². The van der Waals surface area contributed by atoms with Crippen molar-refractivity contribution in [2.24, 2.45) is 0 Å². The van der Waals surface area contributed by atoms with Gasteiger partial charge in [-0.3, -0.25) is 0 Å². The number of halogens is 2. The highest BCUT2D eigenvalue weighted by Gasteiger charge is 2.06. The normalized spacial score (nSPS) is 10.7. The third-order valence-electron chi connectivity index (χ3n) is 2.59. The molecule has 0 saturated carbocycles. The lowest BCUT2D eigenvalue weighted by Gasteiger charge is -2.05. The van der Waals surface area contributed by atoms with E-state index in [9.17, 15) is 8.78 Å². The topological polar surface area (TPSA) is 27.8 Å². The quantitative estimate of drug-likeness (QED) is 0.767. The zero-order chi connectivity index (χ0) is 12.1. The molecular weight excluding hydrogens is 222 g/mol. The fraction of sp³-hybridized carbons (Fsp3) is 0.231. The molecule has 0 unspecified atom stereocenters. The molecule has 0 aliphatic rings. The summed E-state index contributed by atoms with van der Waals surface area (Å²) in [6, 6.07) is 6.23. The van der Waals surface area contributed by atoms with Gasteiger partial charge in [-0.25, -0.2) is 8.78 Å². The van der Waals surface area contributed by atoms with Crippen molar-refractivity contribution in [2.75, 3.05) is 6.54 Å². The summed E-state index contributed by atoms with van der Waals surface area (Å²) in [6.07, 6.45) is 4.23. The largest absolute Gasteiger partial charge is 0.367 e. The molecule has 0 radical (unpaired) electrons. The average molecular weight is 236 g/mol. The Hall–Kier alpha value is -1.68. The highest BCUT2D eigenvalue weighted by atomic mass is 19.2. The van der Waals surface area contributed by atoms with Crippen LogP contribution < -0.4 is 5.32 Å². The minimum Gasteiger partial charge on any atom is -0.367 e. The Kier molecular flexibility index (Phi) is 3.88. The van der Waals surface area contributed by atoms with Crippen molar-refractivity contribution in [3.05, 3.63) is 59.4 Å². The summed E-state index contributed by atoms with van der Waals surface area (Å²) in [6.45, 7) is 1.34. The number of benzene rings is 1. The van der Waals surface area contributed by atoms with Crippen molar-refractivity contribution in [1.82, 2.24) is 10.3 Å². The molecule has 1 aromatic carbocycles. The van der Waals surface area contributed by atoms with Crippen LogP contribution in [0.15, 0.2) is 36.7 Å². The second kappa shape index (κ2) is 5.59. The molecule has 0 atom stereocenters. The van der Waals surface area contributed by atoms with Gasteiger partial charge in [0.05, 0.1) is 0 Å². The van der Waals surface area contributed by atoms with E-state index in [-0.39, 0.29) is 0 Å². The van der Waals surface area contributed by atoms with Gasteiger partial charge in [0.15, 0.2) is 11.6 Å². The SMILES string of the molecule is Fc1cccc(CCNCc2cc[nH]c2)c1F. The Labute approximate surface area is 98.7 Å². The molecule has 1 aromatic heterocycles. The fourth-order valence-electron chi connectivity index (χ4n) is 1.67. The molecule has 2 nitrogen and oxygen atoms in total. The van der Waals surface area contributed by atoms with E-state index >= 15 is 0 Å². The molecule has 17 heavy (non-hydrogen) atoms. The maximum atomic E-state index is 13.3. The first-order chi connectivity index (χ1) is 8.27. The second-order valence-corrected chi connectivity index (χ2v) is 3.86. The highest BCUT2D eigenvalue weighted by molar-refractivity contribution is 5.19. The molecule has 90 valence electrons. The van der Waals surface area contributed by atoms with Gasteiger partial charge in [-0.2, -0.15) is 0 Å². The van der Waals surface area contributed by atoms with Crippen molar-refractivity contribution < 1.29 is 8.78 Å². The van der Waals surface area contributed by atoms with Gasteiger partial charge in [-0.05, 0) is 36.2 Å². The standard InChI is InChI=1S/C13H14F2N2/c14-12-3-1-2-11(13(12)15)5-7-17-9-10-4-6-16-8-10/h1-4,6,8,16-17H,5,7,9H2. The smallest absolute Gasteiger partial charge is 0.162 e. The van der Waals surface area contributed by atoms with Crippen molar-refractivity contribution >= 4 is 0 Å². The number of aromatic amines is 1. The summed E-state index contributed by atoms with van der Waals surface area (Å²) in [5, 5.41) is 3.17. The van der Waals surface area contributed by atoms with E-state index in [1.165, 1.54) is 6.07 Å². The predicted octanol–water partition coefficient (Wildman–Crippen LogP) is 2.63. The fourth-order valence-corrected chi connectivity index (χ4v) is 1.67. The van der Waals surface area contributed by atoms with Gasteiger partial charge < -0.3 is 10.3 Å². The summed E-state index contributed by atoms with van der Waals surface area (Å²) >= 11 is 0. The molecule has 0 aliphatic carbocycles. The summed E-state index contributed by atoms with van der Waals surface area (Å²) in [7, 11) is 0. The van der Waals surface area contributed by atoms with Gasteiger partial charge >= 0.3 is 0 Å². The third kappa shape index (κ3) is 3.14.